The third-order valence-electron chi connectivity index (χ3n) is 2.75. The second kappa shape index (κ2) is 5.05. The molecule has 1 N–H and O–H groups in total. The fraction of sp³-hybridized carbons (Fsp3) is 0.333. The minimum absolute atomic E-state index is 0.327. The minimum Gasteiger partial charge on any atom is -0.493 e. The first-order valence-corrected chi connectivity index (χ1v) is 5.56. The highest BCUT2D eigenvalue weighted by Gasteiger charge is 2.16. The summed E-state index contributed by atoms with van der Waals surface area (Å²) in [6.45, 7) is 1.72. The van der Waals surface area contributed by atoms with Crippen molar-refractivity contribution in [3.05, 3.63) is 28.4 Å². The number of aromatic nitrogens is 3. The first-order valence-electron chi connectivity index (χ1n) is 5.56. The van der Waals surface area contributed by atoms with Crippen LogP contribution in [-0.4, -0.2) is 36.1 Å². The summed E-state index contributed by atoms with van der Waals surface area (Å²) in [6, 6.07) is 3.37. The molecule has 2 rings (SSSR count). The van der Waals surface area contributed by atoms with Crippen LogP contribution in [0.15, 0.2) is 16.9 Å². The maximum atomic E-state index is 11.7. The Hall–Kier alpha value is -2.44. The number of methoxy groups -OCH3 is 3. The van der Waals surface area contributed by atoms with Crippen LogP contribution in [0.25, 0.3) is 5.69 Å². The zero-order chi connectivity index (χ0) is 14.0. The monoisotopic (exact) mass is 265 g/mol. The summed E-state index contributed by atoms with van der Waals surface area (Å²) >= 11 is 0. The molecule has 7 nitrogen and oxygen atoms in total. The molecule has 19 heavy (non-hydrogen) atoms. The molecule has 1 aromatic carbocycles. The summed E-state index contributed by atoms with van der Waals surface area (Å²) in [4.78, 5) is 11.7. The fourth-order valence-electron chi connectivity index (χ4n) is 1.88. The molecule has 2 aromatic rings. The standard InChI is InChI=1S/C12H15N3O4/c1-7-13-14-12(16)15(7)8-5-9(17-2)11(19-4)10(6-8)18-3/h5-6H,1-4H3,(H,14,16). The zero-order valence-corrected chi connectivity index (χ0v) is 11.2. The Bertz CT molecular complexity index is 620. The molecule has 0 bridgehead atoms. The van der Waals surface area contributed by atoms with E-state index in [-0.39, 0.29) is 5.69 Å². The lowest BCUT2D eigenvalue weighted by Crippen LogP contribution is -2.16. The van der Waals surface area contributed by atoms with Gasteiger partial charge in [-0.25, -0.2) is 14.5 Å². The van der Waals surface area contributed by atoms with Gasteiger partial charge in [0.2, 0.25) is 5.75 Å². The summed E-state index contributed by atoms with van der Waals surface area (Å²) in [5, 5.41) is 6.24. The van der Waals surface area contributed by atoms with Crippen molar-refractivity contribution >= 4 is 0 Å². The molecule has 0 aliphatic rings. The van der Waals surface area contributed by atoms with E-state index in [1.165, 1.54) is 25.9 Å². The normalized spacial score (nSPS) is 10.3. The van der Waals surface area contributed by atoms with Crippen molar-refractivity contribution in [1.29, 1.82) is 0 Å². The van der Waals surface area contributed by atoms with Crippen LogP contribution in [-0.2, 0) is 0 Å². The molecule has 0 unspecified atom stereocenters. The Morgan fingerprint density at radius 3 is 2.05 bits per heavy atom. The third kappa shape index (κ3) is 2.14. The van der Waals surface area contributed by atoms with Crippen molar-refractivity contribution in [2.75, 3.05) is 21.3 Å². The van der Waals surface area contributed by atoms with E-state index < -0.39 is 0 Å². The number of nitrogens with one attached hydrogen (secondary N) is 1. The van der Waals surface area contributed by atoms with Gasteiger partial charge in [-0.15, -0.1) is 0 Å². The number of aromatic amines is 1. The van der Waals surface area contributed by atoms with Gasteiger partial charge in [0.25, 0.3) is 0 Å². The molecule has 0 fully saturated rings. The summed E-state index contributed by atoms with van der Waals surface area (Å²) in [5.41, 5.74) is 0.262. The smallest absolute Gasteiger partial charge is 0.347 e. The van der Waals surface area contributed by atoms with Gasteiger partial charge in [-0.2, -0.15) is 5.10 Å². The molecule has 1 heterocycles. The van der Waals surface area contributed by atoms with E-state index in [9.17, 15) is 4.79 Å². The van der Waals surface area contributed by atoms with E-state index in [1.807, 2.05) is 0 Å². The number of aryl methyl sites for hydroxylation is 1. The van der Waals surface area contributed by atoms with E-state index in [0.29, 0.717) is 28.8 Å². The summed E-state index contributed by atoms with van der Waals surface area (Å²) < 4.78 is 17.1. The number of ether oxygens (including phenoxy) is 3. The second-order valence-corrected chi connectivity index (χ2v) is 3.79. The van der Waals surface area contributed by atoms with Crippen molar-refractivity contribution in [3.8, 4) is 22.9 Å². The highest BCUT2D eigenvalue weighted by atomic mass is 16.5. The topological polar surface area (TPSA) is 78.4 Å². The first kappa shape index (κ1) is 13.0. The number of nitrogens with zero attached hydrogens (tertiary/aromatic N) is 2. The van der Waals surface area contributed by atoms with Gasteiger partial charge in [0.05, 0.1) is 27.0 Å². The third-order valence-corrected chi connectivity index (χ3v) is 2.75. The molecular weight excluding hydrogens is 250 g/mol. The van der Waals surface area contributed by atoms with Crippen LogP contribution in [0.1, 0.15) is 5.82 Å². The zero-order valence-electron chi connectivity index (χ0n) is 11.2. The van der Waals surface area contributed by atoms with Crippen molar-refractivity contribution in [2.24, 2.45) is 0 Å². The predicted molar refractivity (Wildman–Crippen MR) is 68.6 cm³/mol. The molecule has 0 radical (unpaired) electrons. The summed E-state index contributed by atoms with van der Waals surface area (Å²) in [7, 11) is 4.56. The van der Waals surface area contributed by atoms with Gasteiger partial charge < -0.3 is 14.2 Å². The SMILES string of the molecule is COc1cc(-n2c(C)n[nH]c2=O)cc(OC)c1OC. The van der Waals surface area contributed by atoms with Gasteiger partial charge in [0, 0.05) is 12.1 Å². The van der Waals surface area contributed by atoms with Gasteiger partial charge in [0.15, 0.2) is 11.5 Å². The molecule has 0 amide bonds. The van der Waals surface area contributed by atoms with Crippen LogP contribution in [0.5, 0.6) is 17.2 Å². The summed E-state index contributed by atoms with van der Waals surface area (Å²) in [5.74, 6) is 1.97. The number of rotatable bonds is 4. The Morgan fingerprint density at radius 2 is 1.68 bits per heavy atom. The Kier molecular flexibility index (Phi) is 3.46. The van der Waals surface area contributed by atoms with Crippen LogP contribution in [0.3, 0.4) is 0 Å². The molecule has 0 atom stereocenters. The quantitative estimate of drug-likeness (QED) is 0.888. The number of H-pyrrole nitrogens is 1. The average molecular weight is 265 g/mol. The Morgan fingerprint density at radius 1 is 1.11 bits per heavy atom. The van der Waals surface area contributed by atoms with Crippen molar-refractivity contribution < 1.29 is 14.2 Å². The second-order valence-electron chi connectivity index (χ2n) is 3.79. The van der Waals surface area contributed by atoms with Gasteiger partial charge in [0.1, 0.15) is 5.82 Å². The maximum absolute atomic E-state index is 11.7. The Labute approximate surface area is 109 Å². The fourth-order valence-corrected chi connectivity index (χ4v) is 1.88. The first-order chi connectivity index (χ1) is 9.12. The molecule has 7 heteroatoms. The van der Waals surface area contributed by atoms with Gasteiger partial charge >= 0.3 is 5.69 Å². The molecule has 102 valence electrons. The van der Waals surface area contributed by atoms with Gasteiger partial charge in [-0.3, -0.25) is 0 Å². The molecular formula is C12H15N3O4. The average Bonchev–Trinajstić information content (AvgIpc) is 2.76. The molecule has 0 saturated heterocycles. The molecule has 1 aromatic heterocycles. The lowest BCUT2D eigenvalue weighted by molar-refractivity contribution is 0.324. The summed E-state index contributed by atoms with van der Waals surface area (Å²) in [6.07, 6.45) is 0. The van der Waals surface area contributed by atoms with Crippen LogP contribution in [0, 0.1) is 6.92 Å². The van der Waals surface area contributed by atoms with Crippen LogP contribution in [0.2, 0.25) is 0 Å². The lowest BCUT2D eigenvalue weighted by atomic mass is 10.2. The molecule has 0 aliphatic heterocycles. The van der Waals surface area contributed by atoms with Crippen LogP contribution < -0.4 is 19.9 Å². The van der Waals surface area contributed by atoms with Gasteiger partial charge in [-0.05, 0) is 6.92 Å². The largest absolute Gasteiger partial charge is 0.493 e. The van der Waals surface area contributed by atoms with Crippen molar-refractivity contribution in [1.82, 2.24) is 14.8 Å². The van der Waals surface area contributed by atoms with E-state index in [2.05, 4.69) is 10.2 Å². The van der Waals surface area contributed by atoms with Crippen molar-refractivity contribution in [2.45, 2.75) is 6.92 Å². The van der Waals surface area contributed by atoms with Crippen LogP contribution in [0.4, 0.5) is 0 Å². The van der Waals surface area contributed by atoms with E-state index in [0.717, 1.165) is 0 Å². The van der Waals surface area contributed by atoms with E-state index >= 15 is 0 Å². The highest BCUT2D eigenvalue weighted by Crippen LogP contribution is 2.39. The number of hydrogen-bond acceptors (Lipinski definition) is 5. The molecule has 0 aliphatic carbocycles. The van der Waals surface area contributed by atoms with E-state index in [1.54, 1.807) is 19.1 Å². The molecule has 0 saturated carbocycles. The van der Waals surface area contributed by atoms with Crippen LogP contribution >= 0.6 is 0 Å². The molecule has 0 spiro atoms. The predicted octanol–water partition coefficient (Wildman–Crippen LogP) is 0.895. The lowest BCUT2D eigenvalue weighted by Gasteiger charge is -2.14. The van der Waals surface area contributed by atoms with E-state index in [4.69, 9.17) is 14.2 Å². The van der Waals surface area contributed by atoms with Gasteiger partial charge in [-0.1, -0.05) is 0 Å². The minimum atomic E-state index is -0.327. The maximum Gasteiger partial charge on any atom is 0.347 e. The Balaban J connectivity index is 2.69. The van der Waals surface area contributed by atoms with Crippen molar-refractivity contribution in [3.63, 3.8) is 0 Å². The highest BCUT2D eigenvalue weighted by molar-refractivity contribution is 5.58. The number of hydrogen-bond donors (Lipinski definition) is 1. The number of benzene rings is 1.